The first-order valence-corrected chi connectivity index (χ1v) is 13.3. The van der Waals surface area contributed by atoms with E-state index < -0.39 is 23.6 Å². The van der Waals surface area contributed by atoms with Crippen LogP contribution in [-0.4, -0.2) is 33.3 Å². The summed E-state index contributed by atoms with van der Waals surface area (Å²) >= 11 is 12.1. The smallest absolute Gasteiger partial charge is 0.247 e. The third kappa shape index (κ3) is 5.36. The molecule has 3 heterocycles. The third-order valence-corrected chi connectivity index (χ3v) is 7.88. The fourth-order valence-electron chi connectivity index (χ4n) is 5.15. The average Bonchev–Trinajstić information content (AvgIpc) is 2.91. The lowest BCUT2D eigenvalue weighted by Crippen LogP contribution is -2.38. The lowest BCUT2D eigenvalue weighted by Gasteiger charge is -2.34. The number of phenolic OH excluding ortho intramolecular Hbond substituents is 1. The normalized spacial score (nSPS) is 19.9. The number of anilines is 1. The Morgan fingerprint density at radius 2 is 1.87 bits per heavy atom. The molecule has 5 rings (SSSR count). The van der Waals surface area contributed by atoms with Crippen molar-refractivity contribution in [2.75, 3.05) is 11.9 Å². The summed E-state index contributed by atoms with van der Waals surface area (Å²) in [5.41, 5.74) is 2.30. The molecule has 0 aliphatic carbocycles. The number of carbonyl (C=O) groups is 2. The van der Waals surface area contributed by atoms with Gasteiger partial charge >= 0.3 is 0 Å². The van der Waals surface area contributed by atoms with Gasteiger partial charge in [-0.2, -0.15) is 0 Å². The first-order valence-electron chi connectivity index (χ1n) is 12.6. The number of hydrogen-bond acceptors (Lipinski definition) is 4. The Kier molecular flexibility index (Phi) is 7.60. The van der Waals surface area contributed by atoms with Gasteiger partial charge in [0.2, 0.25) is 11.8 Å². The Balaban J connectivity index is 1.55. The maximum atomic E-state index is 14.7. The number of halogens is 4. The van der Waals surface area contributed by atoms with Crippen LogP contribution in [0.5, 0.6) is 5.75 Å². The summed E-state index contributed by atoms with van der Waals surface area (Å²) in [5.74, 6) is -2.74. The van der Waals surface area contributed by atoms with E-state index in [4.69, 9.17) is 23.2 Å². The molecule has 0 saturated carbocycles. The van der Waals surface area contributed by atoms with Crippen molar-refractivity contribution in [1.29, 1.82) is 0 Å². The van der Waals surface area contributed by atoms with Crippen molar-refractivity contribution >= 4 is 46.3 Å². The Bertz CT molecular complexity index is 1510. The molecule has 2 amide bonds. The summed E-state index contributed by atoms with van der Waals surface area (Å²) in [7, 11) is 0. The predicted octanol–water partition coefficient (Wildman–Crippen LogP) is 7.15. The molecular formula is C29H25Cl2F2N3O3. The van der Waals surface area contributed by atoms with E-state index in [9.17, 15) is 23.5 Å². The molecule has 2 unspecified atom stereocenters. The minimum Gasteiger partial charge on any atom is -0.506 e. The van der Waals surface area contributed by atoms with Crippen molar-refractivity contribution in [3.8, 4) is 16.9 Å². The fraction of sp³-hybridized carbons (Fsp3) is 0.276. The minimum absolute atomic E-state index is 0.127. The number of aromatic hydroxyl groups is 1. The highest BCUT2D eigenvalue weighted by atomic mass is 35.5. The first-order chi connectivity index (χ1) is 18.6. The minimum atomic E-state index is -0.889. The second-order valence-electron chi connectivity index (χ2n) is 9.82. The van der Waals surface area contributed by atoms with Gasteiger partial charge in [-0.1, -0.05) is 36.5 Å². The molecule has 0 saturated heterocycles. The quantitative estimate of drug-likeness (QED) is 0.320. The molecule has 2 aliphatic rings. The SMILES string of the molecule is CC1CCCC(N2CCC(c3c(F)ccc(Cl)c3F)=CC2=O)c2cc(ccn2)-c2cc(Cl)c(O)cc2NC1=O. The van der Waals surface area contributed by atoms with Crippen LogP contribution in [0, 0.1) is 17.6 Å². The number of aromatic nitrogens is 1. The lowest BCUT2D eigenvalue weighted by atomic mass is 9.92. The lowest BCUT2D eigenvalue weighted by molar-refractivity contribution is -0.129. The molecule has 6 nitrogen and oxygen atoms in total. The van der Waals surface area contributed by atoms with Crippen molar-refractivity contribution in [1.82, 2.24) is 9.88 Å². The summed E-state index contributed by atoms with van der Waals surface area (Å²) in [6.45, 7) is 2.04. The summed E-state index contributed by atoms with van der Waals surface area (Å²) in [6, 6.07) is 8.38. The largest absolute Gasteiger partial charge is 0.506 e. The molecule has 2 aromatic carbocycles. The zero-order chi connectivity index (χ0) is 27.8. The van der Waals surface area contributed by atoms with Crippen molar-refractivity contribution in [2.45, 2.75) is 38.6 Å². The highest BCUT2D eigenvalue weighted by molar-refractivity contribution is 6.32. The van der Waals surface area contributed by atoms with Crippen LogP contribution < -0.4 is 5.32 Å². The summed E-state index contributed by atoms with van der Waals surface area (Å²) in [6.07, 6.45) is 4.82. The molecule has 1 aromatic heterocycles. The van der Waals surface area contributed by atoms with Crippen molar-refractivity contribution in [2.24, 2.45) is 5.92 Å². The molecule has 0 radical (unpaired) electrons. The van der Waals surface area contributed by atoms with Crippen LogP contribution in [0.15, 0.2) is 48.7 Å². The van der Waals surface area contributed by atoms with Gasteiger partial charge in [0.15, 0.2) is 5.82 Å². The number of rotatable bonds is 2. The van der Waals surface area contributed by atoms with Gasteiger partial charge in [-0.05, 0) is 60.7 Å². The fourth-order valence-corrected chi connectivity index (χ4v) is 5.47. The molecular weight excluding hydrogens is 547 g/mol. The predicted molar refractivity (Wildman–Crippen MR) is 146 cm³/mol. The van der Waals surface area contributed by atoms with Gasteiger partial charge in [0.05, 0.1) is 33.0 Å². The number of carbonyl (C=O) groups excluding carboxylic acids is 2. The first kappa shape index (κ1) is 27.1. The molecule has 2 bridgehead atoms. The summed E-state index contributed by atoms with van der Waals surface area (Å²) < 4.78 is 29.2. The molecule has 2 aliphatic heterocycles. The standard InChI is InChI=1S/C29H25Cl2F2N3O3/c1-15-3-2-4-24(36-10-8-17(12-26(36)38)27-21(32)6-5-19(30)28(27)33)23-11-16(7-9-34-23)18-13-20(31)25(37)14-22(18)35-29(15)39/h5-7,9,11-15,24,37H,2-4,8,10H2,1H3,(H,35,39). The van der Waals surface area contributed by atoms with Gasteiger partial charge in [-0.25, -0.2) is 8.78 Å². The van der Waals surface area contributed by atoms with E-state index in [1.807, 2.05) is 13.0 Å². The van der Waals surface area contributed by atoms with Gasteiger partial charge in [0.1, 0.15) is 11.6 Å². The molecule has 2 atom stereocenters. The number of nitrogens with zero attached hydrogens (tertiary/aromatic N) is 2. The van der Waals surface area contributed by atoms with Crippen molar-refractivity contribution in [3.05, 3.63) is 81.6 Å². The Hall–Kier alpha value is -3.49. The number of fused-ring (bicyclic) bond motifs is 4. The number of benzene rings is 2. The Morgan fingerprint density at radius 1 is 1.08 bits per heavy atom. The zero-order valence-corrected chi connectivity index (χ0v) is 22.5. The Labute approximate surface area is 234 Å². The third-order valence-electron chi connectivity index (χ3n) is 7.28. The average molecular weight is 572 g/mol. The molecule has 2 N–H and O–H groups in total. The van der Waals surface area contributed by atoms with Crippen LogP contribution in [0.2, 0.25) is 10.0 Å². The number of nitrogens with one attached hydrogen (secondary N) is 1. The van der Waals surface area contributed by atoms with Crippen molar-refractivity contribution in [3.63, 3.8) is 0 Å². The van der Waals surface area contributed by atoms with Gasteiger partial charge < -0.3 is 15.3 Å². The number of phenols is 1. The van der Waals surface area contributed by atoms with Crippen molar-refractivity contribution < 1.29 is 23.5 Å². The van der Waals surface area contributed by atoms with Crippen LogP contribution in [-0.2, 0) is 9.59 Å². The second-order valence-corrected chi connectivity index (χ2v) is 10.6. The van der Waals surface area contributed by atoms with Gasteiger partial charge in [0.25, 0.3) is 0 Å². The van der Waals surface area contributed by atoms with E-state index in [0.29, 0.717) is 41.8 Å². The van der Waals surface area contributed by atoms with E-state index in [-0.39, 0.29) is 51.7 Å². The maximum Gasteiger partial charge on any atom is 0.247 e. The van der Waals surface area contributed by atoms with E-state index in [1.54, 1.807) is 23.2 Å². The van der Waals surface area contributed by atoms with Gasteiger partial charge in [-0.3, -0.25) is 14.6 Å². The van der Waals surface area contributed by atoms with Gasteiger partial charge in [0, 0.05) is 36.4 Å². The van der Waals surface area contributed by atoms with Crippen LogP contribution in [0.1, 0.15) is 49.9 Å². The molecule has 39 heavy (non-hydrogen) atoms. The monoisotopic (exact) mass is 571 g/mol. The summed E-state index contributed by atoms with van der Waals surface area (Å²) in [5, 5.41) is 13.0. The number of hydrogen-bond donors (Lipinski definition) is 2. The molecule has 202 valence electrons. The zero-order valence-electron chi connectivity index (χ0n) is 21.0. The van der Waals surface area contributed by atoms with Crippen LogP contribution in [0.3, 0.4) is 0 Å². The molecule has 3 aromatic rings. The highest BCUT2D eigenvalue weighted by Crippen LogP contribution is 2.40. The van der Waals surface area contributed by atoms with E-state index in [1.165, 1.54) is 12.1 Å². The van der Waals surface area contributed by atoms with Crippen LogP contribution >= 0.6 is 23.2 Å². The van der Waals surface area contributed by atoms with E-state index >= 15 is 0 Å². The molecule has 0 fully saturated rings. The van der Waals surface area contributed by atoms with E-state index in [2.05, 4.69) is 10.3 Å². The highest BCUT2D eigenvalue weighted by Gasteiger charge is 2.31. The van der Waals surface area contributed by atoms with Crippen LogP contribution in [0.25, 0.3) is 16.7 Å². The van der Waals surface area contributed by atoms with Crippen LogP contribution in [0.4, 0.5) is 14.5 Å². The molecule has 10 heteroatoms. The topological polar surface area (TPSA) is 82.5 Å². The van der Waals surface area contributed by atoms with E-state index in [0.717, 1.165) is 12.1 Å². The molecule has 0 spiro atoms. The maximum absolute atomic E-state index is 14.7. The number of pyridine rings is 1. The number of amides is 2. The second kappa shape index (κ2) is 10.9. The summed E-state index contributed by atoms with van der Waals surface area (Å²) in [4.78, 5) is 32.5. The van der Waals surface area contributed by atoms with Gasteiger partial charge in [-0.15, -0.1) is 0 Å². The Morgan fingerprint density at radius 3 is 2.64 bits per heavy atom.